The molecule has 4 heteroatoms. The van der Waals surface area contributed by atoms with Gasteiger partial charge in [0.2, 0.25) is 0 Å². The first-order chi connectivity index (χ1) is 9.45. The highest BCUT2D eigenvalue weighted by Gasteiger charge is 2.13. The highest BCUT2D eigenvalue weighted by atomic mass is 16.6. The fourth-order valence-electron chi connectivity index (χ4n) is 2.14. The molecule has 0 amide bonds. The molecule has 0 saturated heterocycles. The zero-order chi connectivity index (χ0) is 14.7. The summed E-state index contributed by atoms with van der Waals surface area (Å²) in [7, 11) is 0. The van der Waals surface area contributed by atoms with Crippen molar-refractivity contribution in [3.63, 3.8) is 0 Å². The normalized spacial score (nSPS) is 10.3. The molecule has 4 nitrogen and oxygen atoms in total. The van der Waals surface area contributed by atoms with E-state index in [1.165, 1.54) is 12.1 Å². The van der Waals surface area contributed by atoms with Crippen LogP contribution in [-0.4, -0.2) is 10.7 Å². The molecule has 102 valence electrons. The van der Waals surface area contributed by atoms with Gasteiger partial charge < -0.3 is 0 Å². The van der Waals surface area contributed by atoms with Crippen LogP contribution in [0.15, 0.2) is 42.5 Å². The van der Waals surface area contributed by atoms with Crippen molar-refractivity contribution in [2.24, 2.45) is 0 Å². The fourth-order valence-corrected chi connectivity index (χ4v) is 2.14. The van der Waals surface area contributed by atoms with Crippen molar-refractivity contribution in [2.45, 2.75) is 20.3 Å². The van der Waals surface area contributed by atoms with E-state index in [1.54, 1.807) is 13.0 Å². The number of carbonyl (C=O) groups is 1. The van der Waals surface area contributed by atoms with Gasteiger partial charge in [-0.1, -0.05) is 29.8 Å². The molecule has 0 spiro atoms. The molecular formula is C16H15NO3. The number of benzene rings is 2. The maximum absolute atomic E-state index is 12.2. The Morgan fingerprint density at radius 2 is 1.85 bits per heavy atom. The topological polar surface area (TPSA) is 60.2 Å². The molecule has 2 aromatic rings. The molecule has 0 bridgehead atoms. The van der Waals surface area contributed by atoms with Crippen LogP contribution in [0.1, 0.15) is 27.0 Å². The number of nitro groups is 1. The minimum atomic E-state index is -0.476. The molecule has 0 N–H and O–H groups in total. The van der Waals surface area contributed by atoms with E-state index in [1.807, 2.05) is 31.2 Å². The second-order valence-electron chi connectivity index (χ2n) is 4.90. The van der Waals surface area contributed by atoms with Crippen LogP contribution in [-0.2, 0) is 6.42 Å². The van der Waals surface area contributed by atoms with Crippen LogP contribution < -0.4 is 0 Å². The van der Waals surface area contributed by atoms with Crippen LogP contribution in [0.4, 0.5) is 5.69 Å². The van der Waals surface area contributed by atoms with E-state index < -0.39 is 4.92 Å². The zero-order valence-corrected chi connectivity index (χ0v) is 11.4. The molecule has 0 saturated carbocycles. The summed E-state index contributed by atoms with van der Waals surface area (Å²) in [5.74, 6) is -0.109. The highest BCUT2D eigenvalue weighted by molar-refractivity contribution is 5.98. The number of nitro benzene ring substituents is 1. The molecule has 0 aliphatic heterocycles. The first kappa shape index (κ1) is 13.9. The molecule has 2 rings (SSSR count). The van der Waals surface area contributed by atoms with Crippen molar-refractivity contribution in [2.75, 3.05) is 0 Å². The lowest BCUT2D eigenvalue weighted by molar-refractivity contribution is -0.384. The summed E-state index contributed by atoms with van der Waals surface area (Å²) in [4.78, 5) is 22.6. The fraction of sp³-hybridized carbons (Fsp3) is 0.188. The second kappa shape index (κ2) is 5.65. The zero-order valence-electron chi connectivity index (χ0n) is 11.4. The average molecular weight is 269 g/mol. The number of rotatable bonds is 4. The van der Waals surface area contributed by atoms with E-state index >= 15 is 0 Å². The summed E-state index contributed by atoms with van der Waals surface area (Å²) in [6, 6.07) is 12.2. The lowest BCUT2D eigenvalue weighted by Gasteiger charge is -2.04. The van der Waals surface area contributed by atoms with Gasteiger partial charge in [0, 0.05) is 24.1 Å². The van der Waals surface area contributed by atoms with Crippen LogP contribution >= 0.6 is 0 Å². The summed E-state index contributed by atoms with van der Waals surface area (Å²) in [5, 5.41) is 10.8. The van der Waals surface area contributed by atoms with Gasteiger partial charge in [-0.2, -0.15) is 0 Å². The number of non-ortho nitro benzene ring substituents is 1. The van der Waals surface area contributed by atoms with Crippen molar-refractivity contribution in [1.29, 1.82) is 0 Å². The Morgan fingerprint density at radius 3 is 2.50 bits per heavy atom. The van der Waals surface area contributed by atoms with Crippen molar-refractivity contribution in [1.82, 2.24) is 0 Å². The molecule has 0 heterocycles. The Morgan fingerprint density at radius 1 is 1.10 bits per heavy atom. The number of ketones is 1. The quantitative estimate of drug-likeness (QED) is 0.483. The van der Waals surface area contributed by atoms with Gasteiger partial charge in [0.25, 0.3) is 5.69 Å². The van der Waals surface area contributed by atoms with Crippen LogP contribution in [0.25, 0.3) is 0 Å². The molecular weight excluding hydrogens is 254 g/mol. The molecule has 0 unspecified atom stereocenters. The van der Waals surface area contributed by atoms with Gasteiger partial charge in [0.05, 0.1) is 4.92 Å². The Bertz CT molecular complexity index is 677. The Balaban J connectivity index is 2.27. The lowest BCUT2D eigenvalue weighted by Crippen LogP contribution is -2.05. The first-order valence-corrected chi connectivity index (χ1v) is 6.30. The minimum absolute atomic E-state index is 0.0439. The number of hydrogen-bond acceptors (Lipinski definition) is 3. The average Bonchev–Trinajstić information content (AvgIpc) is 2.37. The molecule has 20 heavy (non-hydrogen) atoms. The molecule has 0 aliphatic rings. The Labute approximate surface area is 117 Å². The third-order valence-corrected chi connectivity index (χ3v) is 3.04. The number of nitrogens with zero attached hydrogens (tertiary/aromatic N) is 1. The van der Waals surface area contributed by atoms with E-state index in [0.29, 0.717) is 11.1 Å². The predicted molar refractivity (Wildman–Crippen MR) is 77.0 cm³/mol. The molecule has 0 aromatic heterocycles. The van der Waals surface area contributed by atoms with Crippen LogP contribution in [0.3, 0.4) is 0 Å². The second-order valence-corrected chi connectivity index (χ2v) is 4.90. The third kappa shape index (κ3) is 3.29. The van der Waals surface area contributed by atoms with Gasteiger partial charge in [-0.15, -0.1) is 0 Å². The van der Waals surface area contributed by atoms with Gasteiger partial charge in [0.15, 0.2) is 5.78 Å². The number of Topliss-reactive ketones (excluding diaryl/α,β-unsaturated/α-hetero) is 1. The molecule has 0 aliphatic carbocycles. The highest BCUT2D eigenvalue weighted by Crippen LogP contribution is 2.18. The van der Waals surface area contributed by atoms with Gasteiger partial charge in [-0.05, 0) is 31.0 Å². The third-order valence-electron chi connectivity index (χ3n) is 3.04. The first-order valence-electron chi connectivity index (χ1n) is 6.30. The van der Waals surface area contributed by atoms with Gasteiger partial charge in [0.1, 0.15) is 0 Å². The van der Waals surface area contributed by atoms with E-state index in [-0.39, 0.29) is 17.9 Å². The van der Waals surface area contributed by atoms with Crippen LogP contribution in [0.5, 0.6) is 0 Å². The van der Waals surface area contributed by atoms with Gasteiger partial charge in [-0.25, -0.2) is 0 Å². The van der Waals surface area contributed by atoms with E-state index in [4.69, 9.17) is 0 Å². The smallest absolute Gasteiger partial charge is 0.270 e. The molecule has 0 atom stereocenters. The summed E-state index contributed by atoms with van der Waals surface area (Å²) >= 11 is 0. The number of hydrogen-bond donors (Lipinski definition) is 0. The van der Waals surface area contributed by atoms with Crippen LogP contribution in [0, 0.1) is 24.0 Å². The maximum Gasteiger partial charge on any atom is 0.270 e. The standard InChI is InChI=1S/C16H15NO3/c1-11-4-3-5-13(6-11)9-16(18)14-7-12(2)8-15(10-14)17(19)20/h3-8,10H,9H2,1-2H3. The van der Waals surface area contributed by atoms with E-state index in [9.17, 15) is 14.9 Å². The van der Waals surface area contributed by atoms with Gasteiger partial charge >= 0.3 is 0 Å². The number of aryl methyl sites for hydroxylation is 2. The predicted octanol–water partition coefficient (Wildman–Crippen LogP) is 3.64. The Kier molecular flexibility index (Phi) is 3.94. The number of carbonyl (C=O) groups excluding carboxylic acids is 1. The summed E-state index contributed by atoms with van der Waals surface area (Å²) < 4.78 is 0. The minimum Gasteiger partial charge on any atom is -0.294 e. The SMILES string of the molecule is Cc1cccc(CC(=O)c2cc(C)cc([N+](=O)[O-])c2)c1. The Hall–Kier alpha value is -2.49. The monoisotopic (exact) mass is 269 g/mol. The largest absolute Gasteiger partial charge is 0.294 e. The molecule has 0 fully saturated rings. The van der Waals surface area contributed by atoms with E-state index in [2.05, 4.69) is 0 Å². The maximum atomic E-state index is 12.2. The lowest BCUT2D eigenvalue weighted by atomic mass is 10.00. The molecule has 0 radical (unpaired) electrons. The summed E-state index contributed by atoms with van der Waals surface area (Å²) in [5.41, 5.74) is 3.06. The molecule has 2 aromatic carbocycles. The van der Waals surface area contributed by atoms with Crippen molar-refractivity contribution in [3.8, 4) is 0 Å². The summed E-state index contributed by atoms with van der Waals surface area (Å²) in [6.07, 6.45) is 0.252. The van der Waals surface area contributed by atoms with Crippen molar-refractivity contribution >= 4 is 11.5 Å². The van der Waals surface area contributed by atoms with Gasteiger partial charge in [-0.3, -0.25) is 14.9 Å². The van der Waals surface area contributed by atoms with E-state index in [0.717, 1.165) is 11.1 Å². The van der Waals surface area contributed by atoms with Crippen LogP contribution in [0.2, 0.25) is 0 Å². The van der Waals surface area contributed by atoms with Crippen molar-refractivity contribution < 1.29 is 9.72 Å². The summed E-state index contributed by atoms with van der Waals surface area (Å²) in [6.45, 7) is 3.71. The van der Waals surface area contributed by atoms with Crippen molar-refractivity contribution in [3.05, 3.63) is 74.8 Å².